The predicted molar refractivity (Wildman–Crippen MR) is 100 cm³/mol. The Morgan fingerprint density at radius 1 is 1.19 bits per heavy atom. The number of rotatable bonds is 7. The van der Waals surface area contributed by atoms with Crippen LogP contribution in [0.15, 0.2) is 53.0 Å². The molecular weight excluding hydrogens is 397 g/mol. The third kappa shape index (κ3) is 4.64. The molecule has 2 aromatic heterocycles. The van der Waals surface area contributed by atoms with Crippen LogP contribution < -0.4 is 4.72 Å². The molecule has 0 saturated carbocycles. The zero-order valence-electron chi connectivity index (χ0n) is 13.5. The topological polar surface area (TPSA) is 72.0 Å². The number of nitrogens with one attached hydrogen (secondary N) is 1. The molecule has 0 amide bonds. The van der Waals surface area contributed by atoms with Gasteiger partial charge in [0, 0.05) is 36.3 Å². The summed E-state index contributed by atoms with van der Waals surface area (Å²) in [6.07, 6.45) is 4.66. The number of aryl methyl sites for hydroxylation is 1. The molecule has 5 nitrogen and oxygen atoms in total. The number of benzene rings is 1. The van der Waals surface area contributed by atoms with Gasteiger partial charge in [-0.15, -0.1) is 11.3 Å². The quantitative estimate of drug-likeness (QED) is 0.598. The second-order valence-corrected chi connectivity index (χ2v) is 8.52. The van der Waals surface area contributed by atoms with Crippen LogP contribution in [0.5, 0.6) is 0 Å². The number of pyridine rings is 1. The minimum atomic E-state index is -3.77. The Labute approximate surface area is 159 Å². The maximum atomic E-state index is 13.0. The fourth-order valence-electron chi connectivity index (χ4n) is 2.30. The van der Waals surface area contributed by atoms with Gasteiger partial charge in [0.25, 0.3) is 0 Å². The molecule has 0 radical (unpaired) electrons. The van der Waals surface area contributed by atoms with Crippen LogP contribution >= 0.6 is 22.9 Å². The van der Waals surface area contributed by atoms with Gasteiger partial charge in [-0.05, 0) is 36.8 Å². The Kier molecular flexibility index (Phi) is 5.98. The first-order valence-electron chi connectivity index (χ1n) is 7.75. The van der Waals surface area contributed by atoms with E-state index in [1.807, 2.05) is 17.5 Å². The summed E-state index contributed by atoms with van der Waals surface area (Å²) in [6.45, 7) is 0.236. The molecule has 0 saturated heterocycles. The van der Waals surface area contributed by atoms with Crippen molar-refractivity contribution in [1.29, 1.82) is 0 Å². The van der Waals surface area contributed by atoms with E-state index < -0.39 is 15.8 Å². The molecule has 3 aromatic rings. The summed E-state index contributed by atoms with van der Waals surface area (Å²) >= 11 is 7.34. The first kappa shape index (κ1) is 18.9. The normalized spacial score (nSPS) is 11.6. The van der Waals surface area contributed by atoms with Crippen molar-refractivity contribution in [2.24, 2.45) is 0 Å². The Morgan fingerprint density at radius 3 is 2.69 bits per heavy atom. The SMILES string of the molecule is O=S(=O)(NCCCc1nc(-c2ccncc2)cs1)c1ccc(F)cc1Cl. The van der Waals surface area contributed by atoms with Crippen molar-refractivity contribution in [3.8, 4) is 11.3 Å². The van der Waals surface area contributed by atoms with Crippen LogP contribution in [0.25, 0.3) is 11.3 Å². The van der Waals surface area contributed by atoms with Crippen molar-refractivity contribution in [2.75, 3.05) is 6.54 Å². The summed E-state index contributed by atoms with van der Waals surface area (Å²) < 4.78 is 40.0. The van der Waals surface area contributed by atoms with Gasteiger partial charge in [-0.1, -0.05) is 11.6 Å². The van der Waals surface area contributed by atoms with Crippen LogP contribution in [0.1, 0.15) is 11.4 Å². The molecule has 2 heterocycles. The number of thiazole rings is 1. The summed E-state index contributed by atoms with van der Waals surface area (Å²) in [6, 6.07) is 6.98. The molecule has 0 spiro atoms. The molecule has 9 heteroatoms. The van der Waals surface area contributed by atoms with Crippen LogP contribution in [-0.2, 0) is 16.4 Å². The molecule has 1 N–H and O–H groups in total. The third-order valence-corrected chi connectivity index (χ3v) is 6.42. The van der Waals surface area contributed by atoms with Crippen molar-refractivity contribution in [2.45, 2.75) is 17.7 Å². The summed E-state index contributed by atoms with van der Waals surface area (Å²) in [5.41, 5.74) is 1.88. The number of nitrogens with zero attached hydrogens (tertiary/aromatic N) is 2. The summed E-state index contributed by atoms with van der Waals surface area (Å²) in [5.74, 6) is -0.581. The van der Waals surface area contributed by atoms with Gasteiger partial charge >= 0.3 is 0 Å². The van der Waals surface area contributed by atoms with E-state index in [-0.39, 0.29) is 16.5 Å². The standard InChI is InChI=1S/C17H15ClFN3O2S2/c18-14-10-13(19)3-4-16(14)26(23,24)21-7-1-2-17-22-15(11-25-17)12-5-8-20-9-6-12/h3-6,8-11,21H,1-2,7H2. The van der Waals surface area contributed by atoms with Gasteiger partial charge in [-0.2, -0.15) is 0 Å². The first-order chi connectivity index (χ1) is 12.5. The Balaban J connectivity index is 1.55. The van der Waals surface area contributed by atoms with Gasteiger partial charge in [0.2, 0.25) is 10.0 Å². The molecule has 0 unspecified atom stereocenters. The molecule has 0 aliphatic heterocycles. The van der Waals surface area contributed by atoms with Crippen LogP contribution in [0, 0.1) is 5.82 Å². The molecule has 1 aromatic carbocycles. The fraction of sp³-hybridized carbons (Fsp3) is 0.176. The van der Waals surface area contributed by atoms with Gasteiger partial charge < -0.3 is 0 Å². The smallest absolute Gasteiger partial charge is 0.242 e. The third-order valence-electron chi connectivity index (χ3n) is 3.57. The largest absolute Gasteiger partial charge is 0.265 e. The van der Waals surface area contributed by atoms with Crippen molar-refractivity contribution in [3.63, 3.8) is 0 Å². The molecule has 136 valence electrons. The van der Waals surface area contributed by atoms with E-state index in [9.17, 15) is 12.8 Å². The van der Waals surface area contributed by atoms with Crippen molar-refractivity contribution in [1.82, 2.24) is 14.7 Å². The fourth-order valence-corrected chi connectivity index (χ4v) is 4.75. The van der Waals surface area contributed by atoms with E-state index >= 15 is 0 Å². The van der Waals surface area contributed by atoms with E-state index in [0.29, 0.717) is 12.8 Å². The van der Waals surface area contributed by atoms with Gasteiger partial charge in [0.05, 0.1) is 15.7 Å². The van der Waals surface area contributed by atoms with Gasteiger partial charge in [-0.3, -0.25) is 4.98 Å². The lowest BCUT2D eigenvalue weighted by Gasteiger charge is -2.08. The lowest BCUT2D eigenvalue weighted by Crippen LogP contribution is -2.25. The molecule has 0 aliphatic carbocycles. The molecular formula is C17H15ClFN3O2S2. The minimum Gasteiger partial charge on any atom is -0.265 e. The Bertz CT molecular complexity index is 994. The van der Waals surface area contributed by atoms with Gasteiger partial charge in [-0.25, -0.2) is 22.5 Å². The highest BCUT2D eigenvalue weighted by atomic mass is 35.5. The maximum Gasteiger partial charge on any atom is 0.242 e. The van der Waals surface area contributed by atoms with Crippen LogP contribution in [-0.4, -0.2) is 24.9 Å². The number of hydrogen-bond donors (Lipinski definition) is 1. The second kappa shape index (κ2) is 8.22. The molecule has 0 aliphatic rings. The lowest BCUT2D eigenvalue weighted by atomic mass is 10.2. The van der Waals surface area contributed by atoms with Gasteiger partial charge in [0.15, 0.2) is 0 Å². The second-order valence-electron chi connectivity index (χ2n) is 5.44. The van der Waals surface area contributed by atoms with E-state index in [2.05, 4.69) is 14.7 Å². The van der Waals surface area contributed by atoms with Crippen molar-refractivity contribution in [3.05, 3.63) is 64.0 Å². The van der Waals surface area contributed by atoms with Crippen LogP contribution in [0.2, 0.25) is 5.02 Å². The summed E-state index contributed by atoms with van der Waals surface area (Å²) in [7, 11) is -3.77. The van der Waals surface area contributed by atoms with Crippen LogP contribution in [0.4, 0.5) is 4.39 Å². The van der Waals surface area contributed by atoms with Crippen molar-refractivity contribution >= 4 is 33.0 Å². The predicted octanol–water partition coefficient (Wildman–Crippen LogP) is 3.91. The number of hydrogen-bond acceptors (Lipinski definition) is 5. The number of aromatic nitrogens is 2. The highest BCUT2D eigenvalue weighted by molar-refractivity contribution is 7.89. The highest BCUT2D eigenvalue weighted by Gasteiger charge is 2.17. The summed E-state index contributed by atoms with van der Waals surface area (Å²) in [5, 5.41) is 2.75. The Morgan fingerprint density at radius 2 is 1.96 bits per heavy atom. The zero-order chi connectivity index (χ0) is 18.6. The number of sulfonamides is 1. The maximum absolute atomic E-state index is 13.0. The lowest BCUT2D eigenvalue weighted by molar-refractivity contribution is 0.578. The highest BCUT2D eigenvalue weighted by Crippen LogP contribution is 2.23. The van der Waals surface area contributed by atoms with Crippen molar-refractivity contribution < 1.29 is 12.8 Å². The molecule has 0 fully saturated rings. The van der Waals surface area contributed by atoms with E-state index in [1.54, 1.807) is 12.4 Å². The minimum absolute atomic E-state index is 0.130. The molecule has 0 atom stereocenters. The zero-order valence-corrected chi connectivity index (χ0v) is 15.9. The molecule has 3 rings (SSSR count). The van der Waals surface area contributed by atoms with Crippen LogP contribution in [0.3, 0.4) is 0 Å². The Hall–Kier alpha value is -1.87. The molecule has 0 bridgehead atoms. The average Bonchev–Trinajstić information content (AvgIpc) is 3.08. The van der Waals surface area contributed by atoms with E-state index in [1.165, 1.54) is 11.3 Å². The average molecular weight is 412 g/mol. The van der Waals surface area contributed by atoms with Gasteiger partial charge in [0.1, 0.15) is 10.7 Å². The van der Waals surface area contributed by atoms with E-state index in [4.69, 9.17) is 11.6 Å². The monoisotopic (exact) mass is 411 g/mol. The van der Waals surface area contributed by atoms with E-state index in [0.717, 1.165) is 34.5 Å². The molecule has 26 heavy (non-hydrogen) atoms. The first-order valence-corrected chi connectivity index (χ1v) is 10.5. The number of halogens is 2. The summed E-state index contributed by atoms with van der Waals surface area (Å²) in [4.78, 5) is 8.39.